The van der Waals surface area contributed by atoms with Crippen LogP contribution < -0.4 is 10.6 Å². The van der Waals surface area contributed by atoms with Crippen LogP contribution in [-0.2, 0) is 19.4 Å². The minimum absolute atomic E-state index is 0.0185. The third kappa shape index (κ3) is 3.98. The second-order valence-corrected chi connectivity index (χ2v) is 10.2. The van der Waals surface area contributed by atoms with Crippen molar-refractivity contribution in [3.63, 3.8) is 0 Å². The van der Waals surface area contributed by atoms with Gasteiger partial charge in [-0.05, 0) is 37.0 Å². The van der Waals surface area contributed by atoms with Gasteiger partial charge in [-0.25, -0.2) is 13.2 Å². The van der Waals surface area contributed by atoms with E-state index in [-0.39, 0.29) is 27.3 Å². The minimum atomic E-state index is -3.60. The second kappa shape index (κ2) is 7.95. The lowest BCUT2D eigenvalue weighted by Gasteiger charge is -2.36. The van der Waals surface area contributed by atoms with Crippen LogP contribution in [0.1, 0.15) is 39.5 Å². The van der Waals surface area contributed by atoms with Crippen molar-refractivity contribution in [3.8, 4) is 0 Å². The molecule has 0 bridgehead atoms. The number of hydrogen-bond donors (Lipinski definition) is 2. The molecule has 1 saturated heterocycles. The topological polar surface area (TPSA) is 113 Å². The summed E-state index contributed by atoms with van der Waals surface area (Å²) in [7, 11) is -3.60. The number of carbonyl (C=O) groups is 3. The van der Waals surface area contributed by atoms with Crippen molar-refractivity contribution in [1.29, 1.82) is 0 Å². The summed E-state index contributed by atoms with van der Waals surface area (Å²) >= 11 is 5.95. The van der Waals surface area contributed by atoms with Gasteiger partial charge in [-0.1, -0.05) is 38.3 Å². The van der Waals surface area contributed by atoms with Crippen molar-refractivity contribution in [2.45, 2.75) is 50.0 Å². The lowest BCUT2D eigenvalue weighted by molar-refractivity contribution is -0.136. The molecule has 1 saturated carbocycles. The van der Waals surface area contributed by atoms with Crippen molar-refractivity contribution in [2.24, 2.45) is 5.92 Å². The Kier molecular flexibility index (Phi) is 5.91. The molecule has 2 N–H and O–H groups in total. The number of amides is 4. The minimum Gasteiger partial charge on any atom is -0.323 e. The van der Waals surface area contributed by atoms with Crippen molar-refractivity contribution < 1.29 is 22.8 Å². The Morgan fingerprint density at radius 2 is 2.07 bits per heavy atom. The first kappa shape index (κ1) is 21.6. The maximum atomic E-state index is 13.0. The quantitative estimate of drug-likeness (QED) is 0.682. The summed E-state index contributed by atoms with van der Waals surface area (Å²) in [4.78, 5) is 38.8. The van der Waals surface area contributed by atoms with Crippen molar-refractivity contribution in [2.75, 3.05) is 17.6 Å². The van der Waals surface area contributed by atoms with Crippen LogP contribution in [0.25, 0.3) is 0 Å². The van der Waals surface area contributed by atoms with Gasteiger partial charge in [0.2, 0.25) is 5.91 Å². The van der Waals surface area contributed by atoms with Crippen LogP contribution in [0.2, 0.25) is 5.02 Å². The number of halogens is 1. The molecule has 8 nitrogen and oxygen atoms in total. The molecule has 0 radical (unpaired) electrons. The molecule has 2 aliphatic rings. The highest BCUT2D eigenvalue weighted by Gasteiger charge is 2.55. The van der Waals surface area contributed by atoms with Crippen LogP contribution in [0.15, 0.2) is 23.1 Å². The number of anilines is 1. The Hall–Kier alpha value is -2.13. The number of hydrogen-bond acceptors (Lipinski definition) is 5. The predicted octanol–water partition coefficient (Wildman–Crippen LogP) is 2.57. The van der Waals surface area contributed by atoms with Crippen LogP contribution in [0.3, 0.4) is 0 Å². The maximum absolute atomic E-state index is 13.0. The number of nitrogens with zero attached hydrogens (tertiary/aromatic N) is 1. The summed E-state index contributed by atoms with van der Waals surface area (Å²) in [5.74, 6) is -1.25. The van der Waals surface area contributed by atoms with Crippen molar-refractivity contribution in [1.82, 2.24) is 10.2 Å². The van der Waals surface area contributed by atoms with E-state index in [0.29, 0.717) is 6.42 Å². The van der Waals surface area contributed by atoms with E-state index in [2.05, 4.69) is 10.6 Å². The molecular weight excluding hydrogens is 418 g/mol. The van der Waals surface area contributed by atoms with E-state index in [1.165, 1.54) is 25.1 Å². The molecule has 1 spiro atoms. The number of urea groups is 1. The lowest BCUT2D eigenvalue weighted by atomic mass is 9.73. The Labute approximate surface area is 174 Å². The van der Waals surface area contributed by atoms with E-state index < -0.39 is 39.8 Å². The van der Waals surface area contributed by atoms with Gasteiger partial charge in [0.1, 0.15) is 12.1 Å². The summed E-state index contributed by atoms with van der Waals surface area (Å²) < 4.78 is 24.6. The van der Waals surface area contributed by atoms with Gasteiger partial charge in [0.05, 0.1) is 16.3 Å². The Morgan fingerprint density at radius 3 is 2.72 bits per heavy atom. The van der Waals surface area contributed by atoms with Crippen LogP contribution in [0, 0.1) is 5.92 Å². The molecule has 2 atom stereocenters. The summed E-state index contributed by atoms with van der Waals surface area (Å²) in [6, 6.07) is 3.47. The first-order chi connectivity index (χ1) is 13.6. The lowest BCUT2D eigenvalue weighted by Crippen LogP contribution is -2.54. The van der Waals surface area contributed by atoms with Crippen LogP contribution >= 0.6 is 11.6 Å². The molecule has 29 heavy (non-hydrogen) atoms. The molecule has 1 aromatic rings. The monoisotopic (exact) mass is 441 g/mol. The fourth-order valence-corrected chi connectivity index (χ4v) is 5.20. The standard InChI is InChI=1S/C19H24ClN3O5S/c1-3-29(27,28)15-8-7-13(20)10-14(15)21-16(24)11-23-17(25)19(22-18(23)26)9-5-4-6-12(19)2/h7-8,10,12H,3-6,9,11H2,1-2H3,(H,21,24)(H,22,26)/t12-,19+/m0/s1. The first-order valence-corrected chi connectivity index (χ1v) is 11.6. The summed E-state index contributed by atoms with van der Waals surface area (Å²) in [6.45, 7) is 2.92. The number of carbonyl (C=O) groups excluding carboxylic acids is 3. The molecule has 1 aliphatic heterocycles. The SMILES string of the molecule is CCS(=O)(=O)c1ccc(Cl)cc1NC(=O)CN1C(=O)N[C@@]2(CCCC[C@@H]2C)C1=O. The molecule has 158 valence electrons. The first-order valence-electron chi connectivity index (χ1n) is 9.57. The average molecular weight is 442 g/mol. The van der Waals surface area contributed by atoms with Gasteiger partial charge in [-0.2, -0.15) is 0 Å². The predicted molar refractivity (Wildman–Crippen MR) is 108 cm³/mol. The Bertz CT molecular complexity index is 965. The van der Waals surface area contributed by atoms with Gasteiger partial charge in [-0.15, -0.1) is 0 Å². The number of rotatable bonds is 5. The molecular formula is C19H24ClN3O5S. The largest absolute Gasteiger partial charge is 0.325 e. The smallest absolute Gasteiger partial charge is 0.323 e. The van der Waals surface area contributed by atoms with Crippen LogP contribution in [0.4, 0.5) is 10.5 Å². The van der Waals surface area contributed by atoms with Gasteiger partial charge in [0.25, 0.3) is 5.91 Å². The fraction of sp³-hybridized carbons (Fsp3) is 0.526. The highest BCUT2D eigenvalue weighted by atomic mass is 35.5. The highest BCUT2D eigenvalue weighted by molar-refractivity contribution is 7.91. The average Bonchev–Trinajstić information content (AvgIpc) is 2.89. The van der Waals surface area contributed by atoms with E-state index in [0.717, 1.165) is 24.2 Å². The number of benzene rings is 1. The second-order valence-electron chi connectivity index (χ2n) is 7.53. The van der Waals surface area contributed by atoms with Gasteiger partial charge in [-0.3, -0.25) is 14.5 Å². The van der Waals surface area contributed by atoms with Gasteiger partial charge < -0.3 is 10.6 Å². The zero-order chi connectivity index (χ0) is 21.4. The summed E-state index contributed by atoms with van der Waals surface area (Å²) in [6.07, 6.45) is 3.20. The van der Waals surface area contributed by atoms with Gasteiger partial charge in [0, 0.05) is 5.02 Å². The van der Waals surface area contributed by atoms with Crippen LogP contribution in [0.5, 0.6) is 0 Å². The third-order valence-electron chi connectivity index (χ3n) is 5.73. The molecule has 4 amide bonds. The normalized spacial score (nSPS) is 24.7. The summed E-state index contributed by atoms with van der Waals surface area (Å²) in [5, 5.41) is 5.52. The van der Waals surface area contributed by atoms with Gasteiger partial charge >= 0.3 is 6.03 Å². The Balaban J connectivity index is 1.79. The van der Waals surface area contributed by atoms with E-state index in [9.17, 15) is 22.8 Å². The Morgan fingerprint density at radius 1 is 1.34 bits per heavy atom. The maximum Gasteiger partial charge on any atom is 0.325 e. The molecule has 0 unspecified atom stereocenters. The molecule has 3 rings (SSSR count). The molecule has 2 fully saturated rings. The molecule has 1 aliphatic carbocycles. The molecule has 1 aromatic carbocycles. The van der Waals surface area contributed by atoms with E-state index >= 15 is 0 Å². The van der Waals surface area contributed by atoms with E-state index in [4.69, 9.17) is 11.6 Å². The molecule has 10 heteroatoms. The van der Waals surface area contributed by atoms with E-state index in [1.54, 1.807) is 0 Å². The zero-order valence-corrected chi connectivity index (χ0v) is 17.9. The number of sulfone groups is 1. The highest BCUT2D eigenvalue weighted by Crippen LogP contribution is 2.38. The number of imide groups is 1. The summed E-state index contributed by atoms with van der Waals surface area (Å²) in [5.41, 5.74) is -0.931. The third-order valence-corrected chi connectivity index (χ3v) is 7.76. The van der Waals surface area contributed by atoms with Crippen molar-refractivity contribution in [3.05, 3.63) is 23.2 Å². The van der Waals surface area contributed by atoms with Crippen LogP contribution in [-0.4, -0.2) is 49.0 Å². The number of nitrogens with one attached hydrogen (secondary N) is 2. The molecule has 1 heterocycles. The van der Waals surface area contributed by atoms with Crippen molar-refractivity contribution >= 4 is 45.0 Å². The van der Waals surface area contributed by atoms with E-state index in [1.807, 2.05) is 6.92 Å². The zero-order valence-electron chi connectivity index (χ0n) is 16.3. The fourth-order valence-electron chi connectivity index (χ4n) is 4.00. The van der Waals surface area contributed by atoms with Gasteiger partial charge in [0.15, 0.2) is 9.84 Å². The molecule has 0 aromatic heterocycles.